The lowest BCUT2D eigenvalue weighted by Gasteiger charge is -2.13. The third kappa shape index (κ3) is 3.64. The van der Waals surface area contributed by atoms with E-state index in [2.05, 4.69) is 15.3 Å². The number of hydrogen-bond donors (Lipinski definition) is 1. The maximum atomic E-state index is 12.9. The molecule has 2 aromatic heterocycles. The Morgan fingerprint density at radius 3 is 2.69 bits per heavy atom. The van der Waals surface area contributed by atoms with Crippen LogP contribution >= 0.6 is 11.3 Å². The third-order valence-corrected chi connectivity index (χ3v) is 5.64. The highest BCUT2D eigenvalue weighted by Gasteiger charge is 2.17. The number of carbonyl (C=O) groups excluding carboxylic acids is 1. The number of pyridine rings is 1. The van der Waals surface area contributed by atoms with Crippen LogP contribution in [0.15, 0.2) is 54.7 Å². The van der Waals surface area contributed by atoms with Crippen LogP contribution in [0.25, 0.3) is 20.9 Å². The molecule has 0 saturated heterocycles. The first kappa shape index (κ1) is 18.9. The molecular weight excluding hydrogens is 386 g/mol. The van der Waals surface area contributed by atoms with Crippen LogP contribution in [-0.2, 0) is 0 Å². The predicted octanol–water partition coefficient (Wildman–Crippen LogP) is 4.94. The average molecular weight is 405 g/mol. The monoisotopic (exact) mass is 405 g/mol. The van der Waals surface area contributed by atoms with Crippen molar-refractivity contribution < 1.29 is 14.3 Å². The molecule has 146 valence electrons. The van der Waals surface area contributed by atoms with E-state index in [9.17, 15) is 4.79 Å². The lowest BCUT2D eigenvalue weighted by atomic mass is 10.1. The molecule has 6 nitrogen and oxygen atoms in total. The van der Waals surface area contributed by atoms with Gasteiger partial charge in [0.15, 0.2) is 0 Å². The second-order valence-electron chi connectivity index (χ2n) is 6.35. The van der Waals surface area contributed by atoms with Crippen LogP contribution in [0.3, 0.4) is 0 Å². The Kier molecular flexibility index (Phi) is 5.14. The number of hydrogen-bond acceptors (Lipinski definition) is 6. The molecule has 1 N–H and O–H groups in total. The molecule has 0 aliphatic heterocycles. The Morgan fingerprint density at radius 2 is 1.93 bits per heavy atom. The molecule has 2 aromatic carbocycles. The van der Waals surface area contributed by atoms with E-state index in [1.807, 2.05) is 37.3 Å². The number of aromatic nitrogens is 2. The van der Waals surface area contributed by atoms with Crippen LogP contribution in [0.5, 0.6) is 11.5 Å². The van der Waals surface area contributed by atoms with E-state index in [-0.39, 0.29) is 5.91 Å². The number of rotatable bonds is 5. The van der Waals surface area contributed by atoms with E-state index in [1.54, 1.807) is 31.5 Å². The van der Waals surface area contributed by atoms with Crippen LogP contribution < -0.4 is 14.8 Å². The SMILES string of the molecule is COc1ccc(OC)c(C(=O)Nc2cccc(-c3nc4cccnc4s3)c2C)c1. The molecule has 4 aromatic rings. The van der Waals surface area contributed by atoms with Gasteiger partial charge in [-0.05, 0) is 48.9 Å². The molecule has 7 heteroatoms. The van der Waals surface area contributed by atoms with Gasteiger partial charge in [0.25, 0.3) is 5.91 Å². The van der Waals surface area contributed by atoms with E-state index in [0.717, 1.165) is 26.5 Å². The second-order valence-corrected chi connectivity index (χ2v) is 7.32. The van der Waals surface area contributed by atoms with Gasteiger partial charge in [0.05, 0.1) is 19.8 Å². The smallest absolute Gasteiger partial charge is 0.259 e. The van der Waals surface area contributed by atoms with Crippen LogP contribution in [0, 0.1) is 6.92 Å². The van der Waals surface area contributed by atoms with Gasteiger partial charge < -0.3 is 14.8 Å². The largest absolute Gasteiger partial charge is 0.497 e. The predicted molar refractivity (Wildman–Crippen MR) is 115 cm³/mol. The second kappa shape index (κ2) is 7.89. The molecule has 0 spiro atoms. The van der Waals surface area contributed by atoms with Crippen molar-refractivity contribution in [3.05, 3.63) is 65.9 Å². The average Bonchev–Trinajstić information content (AvgIpc) is 3.18. The zero-order valence-electron chi connectivity index (χ0n) is 16.2. The quantitative estimate of drug-likeness (QED) is 0.509. The van der Waals surface area contributed by atoms with E-state index in [4.69, 9.17) is 9.47 Å². The maximum Gasteiger partial charge on any atom is 0.259 e. The van der Waals surface area contributed by atoms with Crippen LogP contribution in [-0.4, -0.2) is 30.1 Å². The first-order valence-electron chi connectivity index (χ1n) is 8.95. The fraction of sp³-hybridized carbons (Fsp3) is 0.136. The van der Waals surface area contributed by atoms with Gasteiger partial charge in [-0.25, -0.2) is 9.97 Å². The minimum atomic E-state index is -0.271. The summed E-state index contributed by atoms with van der Waals surface area (Å²) in [4.78, 5) is 22.9. The highest BCUT2D eigenvalue weighted by atomic mass is 32.1. The highest BCUT2D eigenvalue weighted by molar-refractivity contribution is 7.21. The number of methoxy groups -OCH3 is 2. The molecule has 29 heavy (non-hydrogen) atoms. The molecule has 1 amide bonds. The number of fused-ring (bicyclic) bond motifs is 1. The summed E-state index contributed by atoms with van der Waals surface area (Å²) in [5.41, 5.74) is 3.87. The van der Waals surface area contributed by atoms with E-state index in [1.165, 1.54) is 18.4 Å². The van der Waals surface area contributed by atoms with E-state index >= 15 is 0 Å². The summed E-state index contributed by atoms with van der Waals surface area (Å²) in [5.74, 6) is 0.796. The van der Waals surface area contributed by atoms with E-state index in [0.29, 0.717) is 22.7 Å². The van der Waals surface area contributed by atoms with Crippen molar-refractivity contribution in [1.29, 1.82) is 0 Å². The van der Waals surface area contributed by atoms with Crippen molar-refractivity contribution in [1.82, 2.24) is 9.97 Å². The topological polar surface area (TPSA) is 73.3 Å². The van der Waals surface area contributed by atoms with Crippen LogP contribution in [0.2, 0.25) is 0 Å². The number of thiazole rings is 1. The van der Waals surface area contributed by atoms with Crippen molar-refractivity contribution in [2.45, 2.75) is 6.92 Å². The number of benzene rings is 2. The molecule has 0 atom stereocenters. The van der Waals surface area contributed by atoms with Gasteiger partial charge >= 0.3 is 0 Å². The first-order chi connectivity index (χ1) is 14.1. The number of carbonyl (C=O) groups is 1. The Bertz CT molecular complexity index is 1170. The van der Waals surface area contributed by atoms with Crippen molar-refractivity contribution in [2.24, 2.45) is 0 Å². The standard InChI is InChI=1S/C22H19N3O3S/c1-13-15(21-25-18-8-5-11-23-22(18)29-21)6-4-7-17(13)24-20(26)16-12-14(27-2)9-10-19(16)28-3/h4-12H,1-3H3,(H,24,26). The molecule has 2 heterocycles. The van der Waals surface area contributed by atoms with E-state index < -0.39 is 0 Å². The van der Waals surface area contributed by atoms with Crippen LogP contribution in [0.4, 0.5) is 5.69 Å². The fourth-order valence-electron chi connectivity index (χ4n) is 3.07. The summed E-state index contributed by atoms with van der Waals surface area (Å²) < 4.78 is 10.6. The summed E-state index contributed by atoms with van der Waals surface area (Å²) >= 11 is 1.53. The number of anilines is 1. The molecule has 4 rings (SSSR count). The Morgan fingerprint density at radius 1 is 1.07 bits per heavy atom. The van der Waals surface area contributed by atoms with Crippen molar-refractivity contribution in [3.63, 3.8) is 0 Å². The summed E-state index contributed by atoms with van der Waals surface area (Å²) in [6.45, 7) is 1.97. The lowest BCUT2D eigenvalue weighted by molar-refractivity contribution is 0.102. The minimum Gasteiger partial charge on any atom is -0.497 e. The van der Waals surface area contributed by atoms with Crippen molar-refractivity contribution in [2.75, 3.05) is 19.5 Å². The van der Waals surface area contributed by atoms with Gasteiger partial charge in [-0.3, -0.25) is 4.79 Å². The third-order valence-electron chi connectivity index (χ3n) is 4.63. The Labute approximate surface area is 172 Å². The van der Waals surface area contributed by atoms with Gasteiger partial charge in [0.2, 0.25) is 0 Å². The number of ether oxygens (including phenoxy) is 2. The molecule has 0 radical (unpaired) electrons. The molecule has 0 fully saturated rings. The van der Waals surface area contributed by atoms with Gasteiger partial charge in [0, 0.05) is 17.4 Å². The normalized spacial score (nSPS) is 10.7. The highest BCUT2D eigenvalue weighted by Crippen LogP contribution is 2.34. The Hall–Kier alpha value is -3.45. The van der Waals surface area contributed by atoms with Crippen LogP contribution in [0.1, 0.15) is 15.9 Å². The van der Waals surface area contributed by atoms with Gasteiger partial charge in [-0.2, -0.15) is 0 Å². The number of amides is 1. The maximum absolute atomic E-state index is 12.9. The molecular formula is C22H19N3O3S. The van der Waals surface area contributed by atoms with Gasteiger partial charge in [-0.1, -0.05) is 23.5 Å². The van der Waals surface area contributed by atoms with Crippen molar-refractivity contribution >= 4 is 33.3 Å². The first-order valence-corrected chi connectivity index (χ1v) is 9.77. The summed E-state index contributed by atoms with van der Waals surface area (Å²) in [7, 11) is 3.09. The van der Waals surface area contributed by atoms with Gasteiger partial charge in [-0.15, -0.1) is 0 Å². The van der Waals surface area contributed by atoms with Gasteiger partial charge in [0.1, 0.15) is 26.9 Å². The lowest BCUT2D eigenvalue weighted by Crippen LogP contribution is -2.14. The molecule has 0 aliphatic rings. The summed E-state index contributed by atoms with van der Waals surface area (Å²) in [6.07, 6.45) is 1.76. The zero-order valence-corrected chi connectivity index (χ0v) is 17.0. The molecule has 0 saturated carbocycles. The van der Waals surface area contributed by atoms with Crippen molar-refractivity contribution in [3.8, 4) is 22.1 Å². The number of nitrogens with one attached hydrogen (secondary N) is 1. The number of nitrogens with zero attached hydrogens (tertiary/aromatic N) is 2. The fourth-order valence-corrected chi connectivity index (χ4v) is 4.06. The molecule has 0 aliphatic carbocycles. The minimum absolute atomic E-state index is 0.271. The molecule has 0 bridgehead atoms. The molecule has 0 unspecified atom stereocenters. The summed E-state index contributed by atoms with van der Waals surface area (Å²) in [5, 5.41) is 3.85. The Balaban J connectivity index is 1.68. The summed E-state index contributed by atoms with van der Waals surface area (Å²) in [6, 6.07) is 14.7. The zero-order chi connectivity index (χ0) is 20.4.